The zero-order valence-electron chi connectivity index (χ0n) is 8.00. The van der Waals surface area contributed by atoms with Gasteiger partial charge >= 0.3 is 0 Å². The van der Waals surface area contributed by atoms with Crippen LogP contribution in [0.2, 0.25) is 0 Å². The number of hydrogen-bond acceptors (Lipinski definition) is 4. The van der Waals surface area contributed by atoms with Gasteiger partial charge in [0.1, 0.15) is 17.2 Å². The molecule has 0 amide bonds. The van der Waals surface area contributed by atoms with Crippen LogP contribution in [0.1, 0.15) is 17.2 Å². The van der Waals surface area contributed by atoms with E-state index in [0.717, 1.165) is 0 Å². The van der Waals surface area contributed by atoms with Crippen molar-refractivity contribution >= 4 is 17.2 Å². The second-order valence-electron chi connectivity index (χ2n) is 3.18. The number of aliphatic hydroxyl groups is 3. The van der Waals surface area contributed by atoms with E-state index in [1.807, 2.05) is 0 Å². The van der Waals surface area contributed by atoms with Crippen molar-refractivity contribution in [2.45, 2.75) is 12.2 Å². The standard InChI is InChI=1S/C10H13NO3S/c11-10(15)7-3-1-6(2-4-7)9(14)8(13)5-12/h1-4,8-9,12-14H,5H2,(H2,11,15). The summed E-state index contributed by atoms with van der Waals surface area (Å²) in [5.74, 6) is 0. The average Bonchev–Trinajstić information content (AvgIpc) is 2.27. The molecule has 0 saturated carbocycles. The molecule has 0 saturated heterocycles. The molecule has 0 spiro atoms. The number of rotatable bonds is 4. The monoisotopic (exact) mass is 227 g/mol. The van der Waals surface area contributed by atoms with Crippen LogP contribution in [0.15, 0.2) is 24.3 Å². The molecule has 0 radical (unpaired) electrons. The SMILES string of the molecule is NC(=S)c1ccc(C(O)C(O)CO)cc1. The highest BCUT2D eigenvalue weighted by Crippen LogP contribution is 2.17. The Morgan fingerprint density at radius 3 is 2.20 bits per heavy atom. The van der Waals surface area contributed by atoms with Crippen molar-refractivity contribution in [1.82, 2.24) is 0 Å². The van der Waals surface area contributed by atoms with Crippen molar-refractivity contribution in [2.24, 2.45) is 5.73 Å². The second kappa shape index (κ2) is 5.18. The van der Waals surface area contributed by atoms with Crippen LogP contribution in [0.25, 0.3) is 0 Å². The fraction of sp³-hybridized carbons (Fsp3) is 0.300. The van der Waals surface area contributed by atoms with E-state index in [0.29, 0.717) is 11.1 Å². The summed E-state index contributed by atoms with van der Waals surface area (Å²) < 4.78 is 0. The van der Waals surface area contributed by atoms with Crippen LogP contribution in [-0.2, 0) is 0 Å². The van der Waals surface area contributed by atoms with Crippen molar-refractivity contribution in [2.75, 3.05) is 6.61 Å². The summed E-state index contributed by atoms with van der Waals surface area (Å²) in [6.07, 6.45) is -2.28. The first kappa shape index (κ1) is 12.1. The normalized spacial score (nSPS) is 14.6. The molecule has 0 aromatic heterocycles. The summed E-state index contributed by atoms with van der Waals surface area (Å²) in [5, 5.41) is 27.4. The number of nitrogens with two attached hydrogens (primary N) is 1. The molecular weight excluding hydrogens is 214 g/mol. The van der Waals surface area contributed by atoms with Crippen LogP contribution in [0.5, 0.6) is 0 Å². The molecule has 0 heterocycles. The molecule has 15 heavy (non-hydrogen) atoms. The van der Waals surface area contributed by atoms with Gasteiger partial charge in [-0.05, 0) is 5.56 Å². The lowest BCUT2D eigenvalue weighted by Gasteiger charge is -2.15. The zero-order chi connectivity index (χ0) is 11.4. The first-order chi connectivity index (χ1) is 7.06. The summed E-state index contributed by atoms with van der Waals surface area (Å²) in [5.41, 5.74) is 6.61. The highest BCUT2D eigenvalue weighted by Gasteiger charge is 2.16. The molecule has 2 atom stereocenters. The molecule has 5 heteroatoms. The predicted octanol–water partition coefficient (Wildman–Crippen LogP) is -0.293. The fourth-order valence-electron chi connectivity index (χ4n) is 1.17. The molecular formula is C10H13NO3S. The van der Waals surface area contributed by atoms with Gasteiger partial charge in [-0.2, -0.15) is 0 Å². The van der Waals surface area contributed by atoms with Crippen molar-refractivity contribution in [3.05, 3.63) is 35.4 Å². The number of aliphatic hydroxyl groups excluding tert-OH is 3. The molecule has 0 aliphatic rings. The molecule has 4 nitrogen and oxygen atoms in total. The largest absolute Gasteiger partial charge is 0.394 e. The van der Waals surface area contributed by atoms with Gasteiger partial charge in [0.25, 0.3) is 0 Å². The van der Waals surface area contributed by atoms with E-state index in [9.17, 15) is 10.2 Å². The number of hydrogen-bond donors (Lipinski definition) is 4. The number of thiocarbonyl (C=S) groups is 1. The summed E-state index contributed by atoms with van der Waals surface area (Å²) >= 11 is 4.77. The molecule has 0 aliphatic heterocycles. The Morgan fingerprint density at radius 2 is 1.80 bits per heavy atom. The Balaban J connectivity index is 2.84. The Morgan fingerprint density at radius 1 is 1.27 bits per heavy atom. The maximum Gasteiger partial charge on any atom is 0.107 e. The van der Waals surface area contributed by atoms with E-state index in [-0.39, 0.29) is 4.99 Å². The van der Waals surface area contributed by atoms with Crippen molar-refractivity contribution in [1.29, 1.82) is 0 Å². The van der Waals surface area contributed by atoms with Crippen LogP contribution >= 0.6 is 12.2 Å². The topological polar surface area (TPSA) is 86.7 Å². The van der Waals surface area contributed by atoms with Gasteiger partial charge in [-0.3, -0.25) is 0 Å². The van der Waals surface area contributed by atoms with Crippen LogP contribution in [-0.4, -0.2) is 33.0 Å². The maximum absolute atomic E-state index is 9.54. The summed E-state index contributed by atoms with van der Waals surface area (Å²) in [6, 6.07) is 6.53. The lowest BCUT2D eigenvalue weighted by atomic mass is 10.0. The molecule has 5 N–H and O–H groups in total. The molecule has 1 rings (SSSR count). The highest BCUT2D eigenvalue weighted by atomic mass is 32.1. The molecule has 1 aromatic carbocycles. The quantitative estimate of drug-likeness (QED) is 0.531. The summed E-state index contributed by atoms with van der Waals surface area (Å²) in [4.78, 5) is 0.277. The first-order valence-electron chi connectivity index (χ1n) is 4.43. The van der Waals surface area contributed by atoms with Crippen molar-refractivity contribution < 1.29 is 15.3 Å². The third-order valence-electron chi connectivity index (χ3n) is 2.09. The van der Waals surface area contributed by atoms with Gasteiger partial charge in [-0.15, -0.1) is 0 Å². The molecule has 0 fully saturated rings. The molecule has 0 aliphatic carbocycles. The van der Waals surface area contributed by atoms with E-state index in [1.54, 1.807) is 24.3 Å². The summed E-state index contributed by atoms with van der Waals surface area (Å²) in [6.45, 7) is -0.488. The lowest BCUT2D eigenvalue weighted by molar-refractivity contribution is -0.0152. The maximum atomic E-state index is 9.54. The van der Waals surface area contributed by atoms with Crippen LogP contribution in [0, 0.1) is 0 Å². The smallest absolute Gasteiger partial charge is 0.107 e. The van der Waals surface area contributed by atoms with Gasteiger partial charge in [-0.1, -0.05) is 36.5 Å². The van der Waals surface area contributed by atoms with Gasteiger partial charge in [0.15, 0.2) is 0 Å². The Labute approximate surface area is 93.0 Å². The van der Waals surface area contributed by atoms with Crippen molar-refractivity contribution in [3.8, 4) is 0 Å². The van der Waals surface area contributed by atoms with Gasteiger partial charge in [-0.25, -0.2) is 0 Å². The minimum absolute atomic E-state index is 0.277. The minimum Gasteiger partial charge on any atom is -0.394 e. The summed E-state index contributed by atoms with van der Waals surface area (Å²) in [7, 11) is 0. The van der Waals surface area contributed by atoms with E-state index in [1.165, 1.54) is 0 Å². The van der Waals surface area contributed by atoms with Crippen LogP contribution in [0.3, 0.4) is 0 Å². The zero-order valence-corrected chi connectivity index (χ0v) is 8.81. The van der Waals surface area contributed by atoms with Gasteiger partial charge < -0.3 is 21.1 Å². The lowest BCUT2D eigenvalue weighted by Crippen LogP contribution is -2.22. The number of benzene rings is 1. The molecule has 2 unspecified atom stereocenters. The Bertz CT molecular complexity index is 339. The van der Waals surface area contributed by atoms with E-state index >= 15 is 0 Å². The van der Waals surface area contributed by atoms with E-state index in [4.69, 9.17) is 23.1 Å². The first-order valence-corrected chi connectivity index (χ1v) is 4.84. The third-order valence-corrected chi connectivity index (χ3v) is 2.32. The minimum atomic E-state index is -1.18. The van der Waals surface area contributed by atoms with Crippen molar-refractivity contribution in [3.63, 3.8) is 0 Å². The molecule has 1 aromatic rings. The van der Waals surface area contributed by atoms with Crippen LogP contribution < -0.4 is 5.73 Å². The average molecular weight is 227 g/mol. The molecule has 0 bridgehead atoms. The third kappa shape index (κ3) is 2.97. The Hall–Kier alpha value is -1.01. The highest BCUT2D eigenvalue weighted by molar-refractivity contribution is 7.80. The van der Waals surface area contributed by atoms with Gasteiger partial charge in [0.2, 0.25) is 0 Å². The van der Waals surface area contributed by atoms with E-state index < -0.39 is 18.8 Å². The Kier molecular flexibility index (Phi) is 4.16. The fourth-order valence-corrected chi connectivity index (χ4v) is 1.30. The second-order valence-corrected chi connectivity index (χ2v) is 3.62. The molecule has 82 valence electrons. The predicted molar refractivity (Wildman–Crippen MR) is 60.4 cm³/mol. The van der Waals surface area contributed by atoms with E-state index in [2.05, 4.69) is 0 Å². The van der Waals surface area contributed by atoms with Crippen LogP contribution in [0.4, 0.5) is 0 Å². The van der Waals surface area contributed by atoms with Gasteiger partial charge in [0.05, 0.1) is 6.61 Å². The van der Waals surface area contributed by atoms with Gasteiger partial charge in [0, 0.05) is 5.56 Å².